The van der Waals surface area contributed by atoms with Gasteiger partial charge in [0, 0.05) is 19.4 Å². The van der Waals surface area contributed by atoms with Gasteiger partial charge in [0.05, 0.1) is 12.5 Å². The molecule has 28 heavy (non-hydrogen) atoms. The lowest BCUT2D eigenvalue weighted by molar-refractivity contribution is -0.332. The number of benzene rings is 1. The van der Waals surface area contributed by atoms with Crippen molar-refractivity contribution in [3.63, 3.8) is 0 Å². The summed E-state index contributed by atoms with van der Waals surface area (Å²) in [6.45, 7) is 3.16. The van der Waals surface area contributed by atoms with E-state index >= 15 is 0 Å². The van der Waals surface area contributed by atoms with E-state index in [1.165, 1.54) is 7.11 Å². The van der Waals surface area contributed by atoms with Gasteiger partial charge in [0.1, 0.15) is 11.5 Å². The number of ketones is 1. The van der Waals surface area contributed by atoms with Crippen LogP contribution >= 0.6 is 0 Å². The number of Topliss-reactive ketones (excluding diaryl/α,β-unsaturated/α-hetero) is 1. The highest BCUT2D eigenvalue weighted by molar-refractivity contribution is 5.89. The number of carbonyl (C=O) groups is 3. The zero-order valence-corrected chi connectivity index (χ0v) is 15.9. The second-order valence-corrected chi connectivity index (χ2v) is 7.43. The number of piperidine rings is 1. The average molecular weight is 393 g/mol. The van der Waals surface area contributed by atoms with Crippen molar-refractivity contribution >= 4 is 17.7 Å². The standard InChI is InChI=1S/C19H23NO8/c1-18(2)13(21)7-8-20-19(18,10-11-5-4-6-12(9-11)26-3)27-16(24)14(22)15(23)17(25)28-20/h4-6,9,14-15,22-23H,7-8,10H2,1-3H3. The molecule has 0 bridgehead atoms. The number of aliphatic hydroxyl groups excluding tert-OH is 2. The fraction of sp³-hybridized carbons (Fsp3) is 0.526. The number of rotatable bonds is 3. The summed E-state index contributed by atoms with van der Waals surface area (Å²) in [5.41, 5.74) is -2.32. The Labute approximate surface area is 161 Å². The molecular weight excluding hydrogens is 370 g/mol. The number of hydrogen-bond donors (Lipinski definition) is 2. The summed E-state index contributed by atoms with van der Waals surface area (Å²) in [7, 11) is 1.51. The monoisotopic (exact) mass is 393 g/mol. The highest BCUT2D eigenvalue weighted by Crippen LogP contribution is 2.46. The van der Waals surface area contributed by atoms with Crippen molar-refractivity contribution in [3.8, 4) is 5.75 Å². The van der Waals surface area contributed by atoms with E-state index in [4.69, 9.17) is 14.3 Å². The Kier molecular flexibility index (Phi) is 5.18. The van der Waals surface area contributed by atoms with E-state index in [1.807, 2.05) is 0 Å². The van der Waals surface area contributed by atoms with Crippen molar-refractivity contribution in [3.05, 3.63) is 29.8 Å². The van der Waals surface area contributed by atoms with Gasteiger partial charge >= 0.3 is 11.9 Å². The molecule has 0 aromatic heterocycles. The van der Waals surface area contributed by atoms with Crippen LogP contribution in [0.3, 0.4) is 0 Å². The number of carbonyl (C=O) groups excluding carboxylic acids is 3. The van der Waals surface area contributed by atoms with Crippen LogP contribution in [-0.2, 0) is 30.4 Å². The molecule has 0 saturated carbocycles. The summed E-state index contributed by atoms with van der Waals surface area (Å²) in [5, 5.41) is 20.9. The van der Waals surface area contributed by atoms with Crippen molar-refractivity contribution < 1.29 is 38.9 Å². The molecule has 152 valence electrons. The van der Waals surface area contributed by atoms with Crippen LogP contribution in [0.25, 0.3) is 0 Å². The Morgan fingerprint density at radius 2 is 1.86 bits per heavy atom. The van der Waals surface area contributed by atoms with Crippen LogP contribution in [0.5, 0.6) is 5.75 Å². The summed E-state index contributed by atoms with van der Waals surface area (Å²) >= 11 is 0. The fourth-order valence-corrected chi connectivity index (χ4v) is 3.58. The lowest BCUT2D eigenvalue weighted by Crippen LogP contribution is -2.70. The second kappa shape index (κ2) is 7.16. The van der Waals surface area contributed by atoms with Gasteiger partial charge in [-0.3, -0.25) is 4.79 Å². The van der Waals surface area contributed by atoms with Crippen LogP contribution in [0.4, 0.5) is 0 Å². The molecule has 0 aliphatic carbocycles. The van der Waals surface area contributed by atoms with Gasteiger partial charge in [0.25, 0.3) is 0 Å². The van der Waals surface area contributed by atoms with E-state index in [0.717, 1.165) is 5.06 Å². The molecule has 9 nitrogen and oxygen atoms in total. The SMILES string of the molecule is COc1cccc(CC23OC(=O)C(O)C(O)C(=O)ON2CCC(=O)C3(C)C)c1. The average Bonchev–Trinajstić information content (AvgIpc) is 2.67. The smallest absolute Gasteiger partial charge is 0.357 e. The normalized spacial score (nSPS) is 30.5. The third kappa shape index (κ3) is 3.15. The lowest BCUT2D eigenvalue weighted by atomic mass is 9.70. The predicted molar refractivity (Wildman–Crippen MR) is 93.7 cm³/mol. The molecule has 9 heteroatoms. The van der Waals surface area contributed by atoms with Crippen LogP contribution < -0.4 is 4.74 Å². The predicted octanol–water partition coefficient (Wildman–Crippen LogP) is -0.0282. The molecule has 3 atom stereocenters. The topological polar surface area (TPSA) is 123 Å². The van der Waals surface area contributed by atoms with Crippen LogP contribution in [-0.4, -0.2) is 64.6 Å². The molecule has 1 aromatic carbocycles. The molecule has 0 radical (unpaired) electrons. The number of esters is 1. The molecule has 2 aliphatic heterocycles. The van der Waals surface area contributed by atoms with E-state index in [2.05, 4.69) is 0 Å². The summed E-state index contributed by atoms with van der Waals surface area (Å²) in [4.78, 5) is 42.7. The van der Waals surface area contributed by atoms with Gasteiger partial charge in [-0.05, 0) is 31.5 Å². The van der Waals surface area contributed by atoms with Gasteiger partial charge in [0.15, 0.2) is 12.2 Å². The van der Waals surface area contributed by atoms with Crippen molar-refractivity contribution in [2.24, 2.45) is 5.41 Å². The first kappa shape index (κ1) is 20.2. The first-order chi connectivity index (χ1) is 13.1. The summed E-state index contributed by atoms with van der Waals surface area (Å²) in [5.74, 6) is -2.03. The van der Waals surface area contributed by atoms with Crippen molar-refractivity contribution in [1.82, 2.24) is 5.06 Å². The minimum atomic E-state index is -2.12. The maximum Gasteiger partial charge on any atom is 0.357 e. The summed E-state index contributed by atoms with van der Waals surface area (Å²) < 4.78 is 10.8. The fourth-order valence-electron chi connectivity index (χ4n) is 3.58. The quantitative estimate of drug-likeness (QED) is 0.682. The summed E-state index contributed by atoms with van der Waals surface area (Å²) in [6, 6.07) is 6.94. The third-order valence-corrected chi connectivity index (χ3v) is 5.45. The molecule has 0 amide bonds. The second-order valence-electron chi connectivity index (χ2n) is 7.43. The number of hydroxylamine groups is 2. The Hall–Kier alpha value is -2.49. The van der Waals surface area contributed by atoms with Gasteiger partial charge < -0.3 is 24.5 Å². The van der Waals surface area contributed by atoms with Crippen molar-refractivity contribution in [2.75, 3.05) is 13.7 Å². The maximum absolute atomic E-state index is 12.7. The molecular formula is C19H23NO8. The molecule has 2 saturated heterocycles. The Balaban J connectivity index is 2.12. The van der Waals surface area contributed by atoms with Gasteiger partial charge in [-0.15, -0.1) is 0 Å². The minimum absolute atomic E-state index is 0.00915. The largest absolute Gasteiger partial charge is 0.497 e. The van der Waals surface area contributed by atoms with Crippen molar-refractivity contribution in [1.29, 1.82) is 0 Å². The van der Waals surface area contributed by atoms with Crippen LogP contribution in [0.1, 0.15) is 25.8 Å². The Morgan fingerprint density at radius 3 is 2.54 bits per heavy atom. The molecule has 0 spiro atoms. The first-order valence-electron chi connectivity index (χ1n) is 8.87. The van der Waals surface area contributed by atoms with Crippen molar-refractivity contribution in [2.45, 2.75) is 44.6 Å². The zero-order chi connectivity index (χ0) is 20.7. The number of aliphatic hydroxyl groups is 2. The first-order valence-corrected chi connectivity index (χ1v) is 8.87. The van der Waals surface area contributed by atoms with E-state index < -0.39 is 35.3 Å². The molecule has 2 aliphatic rings. The van der Waals surface area contributed by atoms with E-state index in [0.29, 0.717) is 11.3 Å². The zero-order valence-electron chi connectivity index (χ0n) is 15.9. The number of methoxy groups -OCH3 is 1. The number of ether oxygens (including phenoxy) is 2. The van der Waals surface area contributed by atoms with Gasteiger partial charge in [-0.2, -0.15) is 0 Å². The number of hydrogen-bond acceptors (Lipinski definition) is 9. The van der Waals surface area contributed by atoms with Gasteiger partial charge in [-0.25, -0.2) is 9.59 Å². The maximum atomic E-state index is 12.7. The highest BCUT2D eigenvalue weighted by atomic mass is 16.8. The summed E-state index contributed by atoms with van der Waals surface area (Å²) in [6.07, 6.45) is -4.14. The Morgan fingerprint density at radius 1 is 1.18 bits per heavy atom. The van der Waals surface area contributed by atoms with Crippen LogP contribution in [0.15, 0.2) is 24.3 Å². The van der Waals surface area contributed by atoms with Gasteiger partial charge in [-0.1, -0.05) is 17.2 Å². The van der Waals surface area contributed by atoms with E-state index in [-0.39, 0.29) is 25.2 Å². The molecule has 2 N–H and O–H groups in total. The highest BCUT2D eigenvalue weighted by Gasteiger charge is 2.62. The van der Waals surface area contributed by atoms with Crippen LogP contribution in [0.2, 0.25) is 0 Å². The van der Waals surface area contributed by atoms with Crippen LogP contribution in [0, 0.1) is 5.41 Å². The Bertz CT molecular complexity index is 807. The van der Waals surface area contributed by atoms with Gasteiger partial charge in [0.2, 0.25) is 5.72 Å². The van der Waals surface area contributed by atoms with E-state index in [1.54, 1.807) is 38.1 Å². The third-order valence-electron chi connectivity index (χ3n) is 5.45. The lowest BCUT2D eigenvalue weighted by Gasteiger charge is -2.53. The molecule has 3 unspecified atom stereocenters. The molecule has 3 rings (SSSR count). The molecule has 2 fully saturated rings. The van der Waals surface area contributed by atoms with E-state index in [9.17, 15) is 24.6 Å². The number of fused-ring (bicyclic) bond motifs is 1. The minimum Gasteiger partial charge on any atom is -0.497 e. The molecule has 1 aromatic rings. The molecule has 2 heterocycles. The number of nitrogens with zero attached hydrogens (tertiary/aromatic N) is 1.